The standard InChI is InChI=1S/C14H17NOS2/c1-4-15(9-12-6-5-7-17-12)14(16)13-8-10(2)18-11(13)3/h5-8H,4,9H2,1-3H3. The van der Waals surface area contributed by atoms with Crippen molar-refractivity contribution in [2.45, 2.75) is 27.3 Å². The van der Waals surface area contributed by atoms with Crippen LogP contribution in [0.4, 0.5) is 0 Å². The van der Waals surface area contributed by atoms with E-state index >= 15 is 0 Å². The quantitative estimate of drug-likeness (QED) is 0.825. The van der Waals surface area contributed by atoms with Gasteiger partial charge in [0.05, 0.1) is 12.1 Å². The van der Waals surface area contributed by atoms with Crippen molar-refractivity contribution in [3.05, 3.63) is 43.8 Å². The number of hydrogen-bond acceptors (Lipinski definition) is 3. The molecule has 4 heteroatoms. The first-order chi connectivity index (χ1) is 8.61. The summed E-state index contributed by atoms with van der Waals surface area (Å²) in [5, 5.41) is 2.05. The van der Waals surface area contributed by atoms with Crippen LogP contribution in [-0.2, 0) is 6.54 Å². The molecule has 0 aliphatic carbocycles. The van der Waals surface area contributed by atoms with Crippen molar-refractivity contribution >= 4 is 28.6 Å². The summed E-state index contributed by atoms with van der Waals surface area (Å²) in [6, 6.07) is 6.10. The molecule has 2 heterocycles. The molecule has 0 aliphatic heterocycles. The van der Waals surface area contributed by atoms with Crippen molar-refractivity contribution in [1.29, 1.82) is 0 Å². The summed E-state index contributed by atoms with van der Waals surface area (Å²) >= 11 is 3.39. The van der Waals surface area contributed by atoms with Crippen LogP contribution in [0.15, 0.2) is 23.6 Å². The van der Waals surface area contributed by atoms with Crippen molar-refractivity contribution in [1.82, 2.24) is 4.90 Å². The maximum Gasteiger partial charge on any atom is 0.255 e. The van der Waals surface area contributed by atoms with E-state index in [-0.39, 0.29) is 5.91 Å². The molecule has 2 nitrogen and oxygen atoms in total. The van der Waals surface area contributed by atoms with Crippen LogP contribution in [0.2, 0.25) is 0 Å². The Hall–Kier alpha value is -1.13. The summed E-state index contributed by atoms with van der Waals surface area (Å²) in [7, 11) is 0. The van der Waals surface area contributed by atoms with Crippen LogP contribution in [0.3, 0.4) is 0 Å². The zero-order valence-electron chi connectivity index (χ0n) is 10.9. The third-order valence-corrected chi connectivity index (χ3v) is 4.69. The summed E-state index contributed by atoms with van der Waals surface area (Å²) in [5.74, 6) is 0.146. The normalized spacial score (nSPS) is 10.6. The predicted octanol–water partition coefficient (Wildman–Crippen LogP) is 4.09. The van der Waals surface area contributed by atoms with Gasteiger partial charge >= 0.3 is 0 Å². The lowest BCUT2D eigenvalue weighted by atomic mass is 10.2. The zero-order chi connectivity index (χ0) is 13.1. The van der Waals surface area contributed by atoms with Crippen LogP contribution in [0, 0.1) is 13.8 Å². The number of thiophene rings is 2. The van der Waals surface area contributed by atoms with E-state index < -0.39 is 0 Å². The first-order valence-electron chi connectivity index (χ1n) is 6.00. The number of carbonyl (C=O) groups is 1. The van der Waals surface area contributed by atoms with Crippen molar-refractivity contribution in [2.75, 3.05) is 6.54 Å². The number of nitrogens with zero attached hydrogens (tertiary/aromatic N) is 1. The van der Waals surface area contributed by atoms with E-state index in [4.69, 9.17) is 0 Å². The van der Waals surface area contributed by atoms with Gasteiger partial charge in [-0.1, -0.05) is 6.07 Å². The first-order valence-corrected chi connectivity index (χ1v) is 7.70. The fourth-order valence-electron chi connectivity index (χ4n) is 1.93. The number of rotatable bonds is 4. The highest BCUT2D eigenvalue weighted by atomic mass is 32.1. The molecule has 2 aromatic rings. The van der Waals surface area contributed by atoms with E-state index in [1.807, 2.05) is 43.2 Å². The number of carbonyl (C=O) groups excluding carboxylic acids is 1. The van der Waals surface area contributed by atoms with Crippen molar-refractivity contribution < 1.29 is 4.79 Å². The van der Waals surface area contributed by atoms with Crippen LogP contribution in [-0.4, -0.2) is 17.4 Å². The number of hydrogen-bond donors (Lipinski definition) is 0. The van der Waals surface area contributed by atoms with E-state index in [2.05, 4.69) is 6.07 Å². The smallest absolute Gasteiger partial charge is 0.255 e. The summed E-state index contributed by atoms with van der Waals surface area (Å²) in [4.78, 5) is 17.9. The van der Waals surface area contributed by atoms with Crippen molar-refractivity contribution in [3.8, 4) is 0 Å². The molecule has 96 valence electrons. The molecular weight excluding hydrogens is 262 g/mol. The Kier molecular flexibility index (Phi) is 4.19. The zero-order valence-corrected chi connectivity index (χ0v) is 12.5. The average molecular weight is 279 g/mol. The minimum absolute atomic E-state index is 0.146. The van der Waals surface area contributed by atoms with Crippen LogP contribution in [0.1, 0.15) is 31.9 Å². The van der Waals surface area contributed by atoms with Crippen LogP contribution in [0.25, 0.3) is 0 Å². The highest BCUT2D eigenvalue weighted by Crippen LogP contribution is 2.23. The fourth-order valence-corrected chi connectivity index (χ4v) is 3.57. The van der Waals surface area contributed by atoms with Gasteiger partial charge in [-0.2, -0.15) is 0 Å². The van der Waals surface area contributed by atoms with Crippen molar-refractivity contribution in [2.24, 2.45) is 0 Å². The van der Waals surface area contributed by atoms with Gasteiger partial charge in [0.1, 0.15) is 0 Å². The molecule has 0 fully saturated rings. The summed E-state index contributed by atoms with van der Waals surface area (Å²) in [5.41, 5.74) is 0.857. The molecule has 0 aliphatic rings. The lowest BCUT2D eigenvalue weighted by molar-refractivity contribution is 0.0754. The van der Waals surface area contributed by atoms with Gasteiger partial charge in [-0.05, 0) is 38.3 Å². The molecule has 1 amide bonds. The lowest BCUT2D eigenvalue weighted by Crippen LogP contribution is -2.30. The molecule has 0 N–H and O–H groups in total. The minimum Gasteiger partial charge on any atom is -0.334 e. The van der Waals surface area contributed by atoms with Crippen LogP contribution < -0.4 is 0 Å². The van der Waals surface area contributed by atoms with Crippen LogP contribution >= 0.6 is 22.7 Å². The molecule has 2 aromatic heterocycles. The second-order valence-corrected chi connectivity index (χ2v) is 6.72. The second-order valence-electron chi connectivity index (χ2n) is 4.23. The number of amides is 1. The van der Waals surface area contributed by atoms with Gasteiger partial charge in [-0.25, -0.2) is 0 Å². The van der Waals surface area contributed by atoms with Gasteiger partial charge < -0.3 is 4.90 Å². The van der Waals surface area contributed by atoms with E-state index in [1.165, 1.54) is 9.75 Å². The van der Waals surface area contributed by atoms with Gasteiger partial charge in [-0.3, -0.25) is 4.79 Å². The third kappa shape index (κ3) is 2.82. The molecule has 0 saturated carbocycles. The molecular formula is C14H17NOS2. The van der Waals surface area contributed by atoms with Crippen LogP contribution in [0.5, 0.6) is 0 Å². The predicted molar refractivity (Wildman–Crippen MR) is 78.5 cm³/mol. The lowest BCUT2D eigenvalue weighted by Gasteiger charge is -2.20. The molecule has 0 aromatic carbocycles. The van der Waals surface area contributed by atoms with E-state index in [9.17, 15) is 4.79 Å². The summed E-state index contributed by atoms with van der Waals surface area (Å²) in [6.45, 7) is 7.54. The molecule has 0 spiro atoms. The largest absolute Gasteiger partial charge is 0.334 e. The molecule has 18 heavy (non-hydrogen) atoms. The monoisotopic (exact) mass is 279 g/mol. The summed E-state index contributed by atoms with van der Waals surface area (Å²) < 4.78 is 0. The van der Waals surface area contributed by atoms with Gasteiger partial charge in [0.15, 0.2) is 0 Å². The Morgan fingerprint density at radius 2 is 2.17 bits per heavy atom. The minimum atomic E-state index is 0.146. The van der Waals surface area contributed by atoms with Gasteiger partial charge in [0.2, 0.25) is 0 Å². The maximum atomic E-state index is 12.5. The molecule has 0 bridgehead atoms. The molecule has 0 unspecified atom stereocenters. The summed E-state index contributed by atoms with van der Waals surface area (Å²) in [6.07, 6.45) is 0. The fraction of sp³-hybridized carbons (Fsp3) is 0.357. The molecule has 2 rings (SSSR count). The first kappa shape index (κ1) is 13.3. The Morgan fingerprint density at radius 3 is 2.67 bits per heavy atom. The van der Waals surface area contributed by atoms with E-state index in [0.29, 0.717) is 6.54 Å². The average Bonchev–Trinajstić information content (AvgIpc) is 2.95. The second kappa shape index (κ2) is 5.67. The van der Waals surface area contributed by atoms with E-state index in [0.717, 1.165) is 17.0 Å². The SMILES string of the molecule is CCN(Cc1cccs1)C(=O)c1cc(C)sc1C. The Morgan fingerprint density at radius 1 is 1.39 bits per heavy atom. The highest BCUT2D eigenvalue weighted by Gasteiger charge is 2.18. The Balaban J connectivity index is 2.17. The van der Waals surface area contributed by atoms with Crippen molar-refractivity contribution in [3.63, 3.8) is 0 Å². The number of aryl methyl sites for hydroxylation is 2. The Labute approximate surface area is 116 Å². The van der Waals surface area contributed by atoms with E-state index in [1.54, 1.807) is 22.7 Å². The molecule has 0 saturated heterocycles. The Bertz CT molecular complexity index is 528. The maximum absolute atomic E-state index is 12.5. The third-order valence-electron chi connectivity index (χ3n) is 2.87. The molecule has 0 radical (unpaired) electrons. The highest BCUT2D eigenvalue weighted by molar-refractivity contribution is 7.12. The van der Waals surface area contributed by atoms with Gasteiger partial charge in [-0.15, -0.1) is 22.7 Å². The molecule has 0 atom stereocenters. The topological polar surface area (TPSA) is 20.3 Å². The van der Waals surface area contributed by atoms with Gasteiger partial charge in [0, 0.05) is 21.2 Å². The van der Waals surface area contributed by atoms with Gasteiger partial charge in [0.25, 0.3) is 5.91 Å².